The topological polar surface area (TPSA) is 66.9 Å². The van der Waals surface area contributed by atoms with Crippen LogP contribution in [0.1, 0.15) is 44.3 Å². The molecule has 2 atom stereocenters. The van der Waals surface area contributed by atoms with Gasteiger partial charge in [0, 0.05) is 30.6 Å². The number of nitrogens with one attached hydrogen (secondary N) is 2. The summed E-state index contributed by atoms with van der Waals surface area (Å²) in [5.41, 5.74) is 0. The maximum atomic E-state index is 11.3. The highest BCUT2D eigenvalue weighted by Gasteiger charge is 2.28. The van der Waals surface area contributed by atoms with Crippen LogP contribution in [0.4, 0.5) is 5.82 Å². The standard InChI is InChI=1S/C13H18N4O/c1-8-10(4-5-12(18)15-8)16-11-6-7-14-13(17-11)9-2-3-9/h6-10H,2-5H2,1H3,(H,15,18)(H,14,16,17). The molecule has 2 unspecified atom stereocenters. The highest BCUT2D eigenvalue weighted by atomic mass is 16.1. The first-order valence-electron chi connectivity index (χ1n) is 6.61. The third kappa shape index (κ3) is 2.44. The number of amides is 1. The molecule has 2 N–H and O–H groups in total. The van der Waals surface area contributed by atoms with E-state index in [1.165, 1.54) is 12.8 Å². The fraction of sp³-hybridized carbons (Fsp3) is 0.615. The van der Waals surface area contributed by atoms with Crippen molar-refractivity contribution in [1.29, 1.82) is 0 Å². The fourth-order valence-corrected chi connectivity index (χ4v) is 2.34. The van der Waals surface area contributed by atoms with Crippen LogP contribution in [0.15, 0.2) is 12.3 Å². The summed E-state index contributed by atoms with van der Waals surface area (Å²) in [5.74, 6) is 2.53. The summed E-state index contributed by atoms with van der Waals surface area (Å²) in [4.78, 5) is 20.1. The largest absolute Gasteiger partial charge is 0.365 e. The molecule has 3 rings (SSSR count). The Kier molecular flexibility index (Phi) is 2.89. The molecule has 5 heteroatoms. The molecule has 1 saturated carbocycles. The number of piperidine rings is 1. The summed E-state index contributed by atoms with van der Waals surface area (Å²) in [6, 6.07) is 2.30. The molecule has 18 heavy (non-hydrogen) atoms. The van der Waals surface area contributed by atoms with E-state index in [-0.39, 0.29) is 18.0 Å². The molecule has 0 aromatic carbocycles. The second kappa shape index (κ2) is 4.55. The van der Waals surface area contributed by atoms with E-state index in [1.807, 2.05) is 19.2 Å². The summed E-state index contributed by atoms with van der Waals surface area (Å²) in [6.07, 6.45) is 5.67. The van der Waals surface area contributed by atoms with Gasteiger partial charge in [-0.25, -0.2) is 9.97 Å². The van der Waals surface area contributed by atoms with E-state index >= 15 is 0 Å². The Morgan fingerprint density at radius 1 is 1.39 bits per heavy atom. The van der Waals surface area contributed by atoms with E-state index < -0.39 is 0 Å². The molecule has 2 fully saturated rings. The highest BCUT2D eigenvalue weighted by molar-refractivity contribution is 5.77. The van der Waals surface area contributed by atoms with Crippen molar-refractivity contribution < 1.29 is 4.79 Å². The first-order valence-corrected chi connectivity index (χ1v) is 6.61. The number of nitrogens with zero attached hydrogens (tertiary/aromatic N) is 2. The zero-order valence-corrected chi connectivity index (χ0v) is 10.5. The zero-order chi connectivity index (χ0) is 12.5. The van der Waals surface area contributed by atoms with Crippen molar-refractivity contribution in [1.82, 2.24) is 15.3 Å². The van der Waals surface area contributed by atoms with Gasteiger partial charge in [-0.3, -0.25) is 4.79 Å². The Labute approximate surface area is 106 Å². The first kappa shape index (κ1) is 11.4. The fourth-order valence-electron chi connectivity index (χ4n) is 2.34. The molecule has 1 saturated heterocycles. The lowest BCUT2D eigenvalue weighted by molar-refractivity contribution is -0.123. The number of hydrogen-bond acceptors (Lipinski definition) is 4. The van der Waals surface area contributed by atoms with E-state index in [1.54, 1.807) is 0 Å². The van der Waals surface area contributed by atoms with Crippen molar-refractivity contribution >= 4 is 11.7 Å². The molecule has 0 radical (unpaired) electrons. The molecule has 0 spiro atoms. The third-order valence-electron chi connectivity index (χ3n) is 3.62. The van der Waals surface area contributed by atoms with Crippen molar-refractivity contribution in [2.24, 2.45) is 0 Å². The summed E-state index contributed by atoms with van der Waals surface area (Å²) >= 11 is 0. The molecule has 1 aromatic rings. The summed E-state index contributed by atoms with van der Waals surface area (Å²) in [6.45, 7) is 2.03. The molecular weight excluding hydrogens is 228 g/mol. The van der Waals surface area contributed by atoms with Crippen LogP contribution >= 0.6 is 0 Å². The molecule has 2 aliphatic rings. The van der Waals surface area contributed by atoms with Gasteiger partial charge in [-0.15, -0.1) is 0 Å². The monoisotopic (exact) mass is 246 g/mol. The number of carbonyl (C=O) groups is 1. The van der Waals surface area contributed by atoms with Gasteiger partial charge >= 0.3 is 0 Å². The lowest BCUT2D eigenvalue weighted by atomic mass is 9.99. The van der Waals surface area contributed by atoms with Gasteiger partial charge in [0.1, 0.15) is 11.6 Å². The van der Waals surface area contributed by atoms with E-state index in [4.69, 9.17) is 0 Å². The quantitative estimate of drug-likeness (QED) is 0.846. The lowest BCUT2D eigenvalue weighted by Crippen LogP contribution is -2.49. The Bertz CT molecular complexity index is 458. The average Bonchev–Trinajstić information content (AvgIpc) is 3.17. The van der Waals surface area contributed by atoms with Crippen LogP contribution < -0.4 is 10.6 Å². The van der Waals surface area contributed by atoms with Gasteiger partial charge in [-0.05, 0) is 32.3 Å². The van der Waals surface area contributed by atoms with Gasteiger partial charge in [0.05, 0.1) is 0 Å². The van der Waals surface area contributed by atoms with Crippen LogP contribution in [0.3, 0.4) is 0 Å². The van der Waals surface area contributed by atoms with Crippen LogP contribution in [0.2, 0.25) is 0 Å². The van der Waals surface area contributed by atoms with Crippen LogP contribution in [-0.4, -0.2) is 28.0 Å². The molecule has 1 aliphatic heterocycles. The van der Waals surface area contributed by atoms with Gasteiger partial charge in [0.15, 0.2) is 0 Å². The van der Waals surface area contributed by atoms with E-state index in [2.05, 4.69) is 20.6 Å². The lowest BCUT2D eigenvalue weighted by Gasteiger charge is -2.30. The summed E-state index contributed by atoms with van der Waals surface area (Å²) < 4.78 is 0. The van der Waals surface area contributed by atoms with Crippen LogP contribution in [0, 0.1) is 0 Å². The Morgan fingerprint density at radius 2 is 2.22 bits per heavy atom. The number of carbonyl (C=O) groups excluding carboxylic acids is 1. The molecular formula is C13H18N4O. The second-order valence-corrected chi connectivity index (χ2v) is 5.22. The molecule has 1 aliphatic carbocycles. The minimum absolute atomic E-state index is 0.141. The number of aromatic nitrogens is 2. The first-order chi connectivity index (χ1) is 8.72. The predicted octanol–water partition coefficient (Wildman–Crippen LogP) is 1.43. The average molecular weight is 246 g/mol. The van der Waals surface area contributed by atoms with Crippen LogP contribution in [0.5, 0.6) is 0 Å². The molecule has 2 heterocycles. The van der Waals surface area contributed by atoms with E-state index in [0.29, 0.717) is 12.3 Å². The second-order valence-electron chi connectivity index (χ2n) is 5.22. The Balaban J connectivity index is 1.68. The third-order valence-corrected chi connectivity index (χ3v) is 3.62. The molecule has 96 valence electrons. The van der Waals surface area contributed by atoms with Gasteiger partial charge in [0.25, 0.3) is 0 Å². The normalized spacial score (nSPS) is 27.7. The number of hydrogen-bond donors (Lipinski definition) is 2. The maximum absolute atomic E-state index is 11.3. The molecule has 1 amide bonds. The zero-order valence-electron chi connectivity index (χ0n) is 10.5. The Morgan fingerprint density at radius 3 is 2.94 bits per heavy atom. The van der Waals surface area contributed by atoms with Gasteiger partial charge in [-0.1, -0.05) is 0 Å². The molecule has 5 nitrogen and oxygen atoms in total. The van der Waals surface area contributed by atoms with Crippen molar-refractivity contribution in [3.63, 3.8) is 0 Å². The summed E-state index contributed by atoms with van der Waals surface area (Å²) in [5, 5.41) is 6.36. The van der Waals surface area contributed by atoms with Gasteiger partial charge < -0.3 is 10.6 Å². The SMILES string of the molecule is CC1NC(=O)CCC1Nc1ccnc(C2CC2)n1. The minimum Gasteiger partial charge on any atom is -0.365 e. The maximum Gasteiger partial charge on any atom is 0.220 e. The highest BCUT2D eigenvalue weighted by Crippen LogP contribution is 2.38. The van der Waals surface area contributed by atoms with E-state index in [0.717, 1.165) is 18.1 Å². The summed E-state index contributed by atoms with van der Waals surface area (Å²) in [7, 11) is 0. The number of rotatable bonds is 3. The minimum atomic E-state index is 0.141. The molecule has 1 aromatic heterocycles. The van der Waals surface area contributed by atoms with Gasteiger partial charge in [0.2, 0.25) is 5.91 Å². The van der Waals surface area contributed by atoms with Crippen molar-refractivity contribution in [2.45, 2.75) is 50.6 Å². The van der Waals surface area contributed by atoms with Gasteiger partial charge in [-0.2, -0.15) is 0 Å². The molecule has 0 bridgehead atoms. The van der Waals surface area contributed by atoms with Crippen LogP contribution in [-0.2, 0) is 4.79 Å². The van der Waals surface area contributed by atoms with Crippen molar-refractivity contribution in [3.8, 4) is 0 Å². The predicted molar refractivity (Wildman–Crippen MR) is 68.3 cm³/mol. The number of anilines is 1. The smallest absolute Gasteiger partial charge is 0.220 e. The Hall–Kier alpha value is -1.65. The van der Waals surface area contributed by atoms with Crippen LogP contribution in [0.25, 0.3) is 0 Å². The van der Waals surface area contributed by atoms with E-state index in [9.17, 15) is 4.79 Å². The van der Waals surface area contributed by atoms with Crippen molar-refractivity contribution in [2.75, 3.05) is 5.32 Å². The van der Waals surface area contributed by atoms with Crippen molar-refractivity contribution in [3.05, 3.63) is 18.1 Å².